The molecular formula is C14H17ClN2O. The zero-order valence-electron chi connectivity index (χ0n) is 10.3. The number of amides is 1. The maximum Gasteiger partial charge on any atom is 0.227 e. The molecule has 2 aliphatic rings. The molecule has 0 saturated carbocycles. The van der Waals surface area contributed by atoms with Crippen molar-refractivity contribution in [2.75, 3.05) is 13.1 Å². The van der Waals surface area contributed by atoms with Crippen molar-refractivity contribution in [3.05, 3.63) is 34.3 Å². The Morgan fingerprint density at radius 1 is 1.28 bits per heavy atom. The first-order valence-corrected chi connectivity index (χ1v) is 6.90. The van der Waals surface area contributed by atoms with Gasteiger partial charge in [-0.15, -0.1) is 0 Å². The smallest absolute Gasteiger partial charge is 0.227 e. The van der Waals surface area contributed by atoms with Crippen LogP contribution in [0.2, 0.25) is 5.02 Å². The summed E-state index contributed by atoms with van der Waals surface area (Å²) in [6.07, 6.45) is 2.59. The Morgan fingerprint density at radius 3 is 2.83 bits per heavy atom. The molecule has 2 aliphatic heterocycles. The number of rotatable bonds is 1. The van der Waals surface area contributed by atoms with Crippen molar-refractivity contribution in [2.45, 2.75) is 31.8 Å². The number of carbonyl (C=O) groups excluding carboxylic acids is 1. The van der Waals surface area contributed by atoms with E-state index in [0.29, 0.717) is 19.0 Å². The van der Waals surface area contributed by atoms with Gasteiger partial charge in [0, 0.05) is 17.6 Å². The number of hydrogen-bond acceptors (Lipinski definition) is 2. The van der Waals surface area contributed by atoms with Crippen LogP contribution in [0, 0.1) is 0 Å². The van der Waals surface area contributed by atoms with Crippen molar-refractivity contribution < 1.29 is 4.79 Å². The standard InChI is InChI=1S/C14H17ClN2O/c15-13-3-1-2-10-8-14(18)17(9-12(10)13)11-4-6-16-7-5-11/h1-3,11,16H,4-9H2. The maximum absolute atomic E-state index is 12.2. The van der Waals surface area contributed by atoms with Gasteiger partial charge >= 0.3 is 0 Å². The van der Waals surface area contributed by atoms with E-state index in [1.54, 1.807) is 0 Å². The van der Waals surface area contributed by atoms with Crippen LogP contribution in [0.15, 0.2) is 18.2 Å². The van der Waals surface area contributed by atoms with Gasteiger partial charge in [0.15, 0.2) is 0 Å². The van der Waals surface area contributed by atoms with E-state index in [2.05, 4.69) is 5.32 Å². The lowest BCUT2D eigenvalue weighted by molar-refractivity contribution is -0.135. The molecule has 0 spiro atoms. The number of piperidine rings is 1. The number of carbonyl (C=O) groups is 1. The minimum absolute atomic E-state index is 0.247. The van der Waals surface area contributed by atoms with Crippen LogP contribution in [0.1, 0.15) is 24.0 Å². The number of benzene rings is 1. The fourth-order valence-electron chi connectivity index (χ4n) is 2.92. The van der Waals surface area contributed by atoms with Gasteiger partial charge in [0.25, 0.3) is 0 Å². The first-order valence-electron chi connectivity index (χ1n) is 6.52. The summed E-state index contributed by atoms with van der Waals surface area (Å²) >= 11 is 6.24. The SMILES string of the molecule is O=C1Cc2cccc(Cl)c2CN1C1CCNCC1. The van der Waals surface area contributed by atoms with Gasteiger partial charge in [-0.1, -0.05) is 23.7 Å². The van der Waals surface area contributed by atoms with Crippen LogP contribution < -0.4 is 5.32 Å². The summed E-state index contributed by atoms with van der Waals surface area (Å²) in [5.41, 5.74) is 2.23. The summed E-state index contributed by atoms with van der Waals surface area (Å²) in [4.78, 5) is 14.3. The zero-order chi connectivity index (χ0) is 12.5. The summed E-state index contributed by atoms with van der Waals surface area (Å²) in [7, 11) is 0. The Morgan fingerprint density at radius 2 is 2.06 bits per heavy atom. The normalized spacial score (nSPS) is 20.9. The molecule has 0 atom stereocenters. The van der Waals surface area contributed by atoms with E-state index >= 15 is 0 Å². The van der Waals surface area contributed by atoms with Gasteiger partial charge < -0.3 is 10.2 Å². The van der Waals surface area contributed by atoms with Crippen molar-refractivity contribution in [3.63, 3.8) is 0 Å². The van der Waals surface area contributed by atoms with Crippen molar-refractivity contribution in [2.24, 2.45) is 0 Å². The molecule has 1 fully saturated rings. The van der Waals surface area contributed by atoms with Crippen LogP contribution in [-0.2, 0) is 17.8 Å². The molecule has 96 valence electrons. The minimum atomic E-state index is 0.247. The summed E-state index contributed by atoms with van der Waals surface area (Å²) < 4.78 is 0. The van der Waals surface area contributed by atoms with Crippen LogP contribution in [0.4, 0.5) is 0 Å². The first kappa shape index (κ1) is 12.0. The average Bonchev–Trinajstić information content (AvgIpc) is 2.39. The van der Waals surface area contributed by atoms with E-state index in [4.69, 9.17) is 11.6 Å². The lowest BCUT2D eigenvalue weighted by atomic mass is 9.95. The molecule has 0 radical (unpaired) electrons. The fourth-order valence-corrected chi connectivity index (χ4v) is 3.17. The molecular weight excluding hydrogens is 248 g/mol. The third kappa shape index (κ3) is 2.13. The maximum atomic E-state index is 12.2. The summed E-state index contributed by atoms with van der Waals surface area (Å²) in [5.74, 6) is 0.247. The number of fused-ring (bicyclic) bond motifs is 1. The number of nitrogens with zero attached hydrogens (tertiary/aromatic N) is 1. The molecule has 0 bridgehead atoms. The van der Waals surface area contributed by atoms with Crippen LogP contribution in [-0.4, -0.2) is 29.9 Å². The Balaban J connectivity index is 1.86. The second-order valence-corrected chi connectivity index (χ2v) is 5.46. The Labute approximate surface area is 112 Å². The van der Waals surface area contributed by atoms with Gasteiger partial charge in [-0.05, 0) is 43.1 Å². The largest absolute Gasteiger partial charge is 0.335 e. The molecule has 3 rings (SSSR count). The average molecular weight is 265 g/mol. The van der Waals surface area contributed by atoms with Crippen molar-refractivity contribution in [1.82, 2.24) is 10.2 Å². The highest BCUT2D eigenvalue weighted by Crippen LogP contribution is 2.29. The molecule has 18 heavy (non-hydrogen) atoms. The van der Waals surface area contributed by atoms with Crippen molar-refractivity contribution in [1.29, 1.82) is 0 Å². The molecule has 3 nitrogen and oxygen atoms in total. The van der Waals surface area contributed by atoms with E-state index in [1.807, 2.05) is 23.1 Å². The molecule has 1 aromatic carbocycles. The summed E-state index contributed by atoms with van der Waals surface area (Å²) in [6.45, 7) is 2.69. The monoisotopic (exact) mass is 264 g/mol. The predicted octanol–water partition coefficient (Wildman–Crippen LogP) is 1.98. The first-order chi connectivity index (χ1) is 8.75. The lowest BCUT2D eigenvalue weighted by Crippen LogP contribution is -2.48. The van der Waals surface area contributed by atoms with Crippen LogP contribution >= 0.6 is 11.6 Å². The van der Waals surface area contributed by atoms with E-state index in [-0.39, 0.29) is 5.91 Å². The Bertz CT molecular complexity index is 469. The molecule has 1 aromatic rings. The minimum Gasteiger partial charge on any atom is -0.335 e. The van der Waals surface area contributed by atoms with Gasteiger partial charge in [0.05, 0.1) is 6.42 Å². The molecule has 0 aliphatic carbocycles. The molecule has 4 heteroatoms. The van der Waals surface area contributed by atoms with Gasteiger partial charge in [-0.2, -0.15) is 0 Å². The summed E-state index contributed by atoms with van der Waals surface area (Å²) in [5, 5.41) is 4.13. The highest BCUT2D eigenvalue weighted by molar-refractivity contribution is 6.31. The van der Waals surface area contributed by atoms with E-state index in [0.717, 1.165) is 42.1 Å². The third-order valence-electron chi connectivity index (χ3n) is 3.96. The quantitative estimate of drug-likeness (QED) is 0.841. The van der Waals surface area contributed by atoms with Crippen LogP contribution in [0.25, 0.3) is 0 Å². The van der Waals surface area contributed by atoms with Gasteiger partial charge in [0.2, 0.25) is 5.91 Å². The summed E-state index contributed by atoms with van der Waals surface area (Å²) in [6, 6.07) is 6.23. The van der Waals surface area contributed by atoms with Crippen molar-refractivity contribution >= 4 is 17.5 Å². The Kier molecular flexibility index (Phi) is 3.27. The van der Waals surface area contributed by atoms with Gasteiger partial charge in [-0.25, -0.2) is 0 Å². The number of nitrogens with one attached hydrogen (secondary N) is 1. The van der Waals surface area contributed by atoms with E-state index in [1.165, 1.54) is 0 Å². The van der Waals surface area contributed by atoms with Crippen LogP contribution in [0.5, 0.6) is 0 Å². The highest BCUT2D eigenvalue weighted by Gasteiger charge is 2.30. The second kappa shape index (κ2) is 4.90. The molecule has 2 heterocycles. The predicted molar refractivity (Wildman–Crippen MR) is 71.6 cm³/mol. The second-order valence-electron chi connectivity index (χ2n) is 5.06. The van der Waals surface area contributed by atoms with Crippen LogP contribution in [0.3, 0.4) is 0 Å². The number of halogens is 1. The van der Waals surface area contributed by atoms with E-state index in [9.17, 15) is 4.79 Å². The molecule has 0 unspecified atom stereocenters. The van der Waals surface area contributed by atoms with E-state index < -0.39 is 0 Å². The Hall–Kier alpha value is -1.06. The topological polar surface area (TPSA) is 32.3 Å². The molecule has 1 saturated heterocycles. The zero-order valence-corrected chi connectivity index (χ0v) is 11.0. The van der Waals surface area contributed by atoms with Gasteiger partial charge in [-0.3, -0.25) is 4.79 Å². The number of hydrogen-bond donors (Lipinski definition) is 1. The molecule has 1 N–H and O–H groups in total. The molecule has 0 aromatic heterocycles. The van der Waals surface area contributed by atoms with Gasteiger partial charge in [0.1, 0.15) is 0 Å². The lowest BCUT2D eigenvalue weighted by Gasteiger charge is -2.38. The fraction of sp³-hybridized carbons (Fsp3) is 0.500. The highest BCUT2D eigenvalue weighted by atomic mass is 35.5. The third-order valence-corrected chi connectivity index (χ3v) is 4.31. The van der Waals surface area contributed by atoms with Crippen molar-refractivity contribution in [3.8, 4) is 0 Å². The molecule has 1 amide bonds.